The van der Waals surface area contributed by atoms with Crippen LogP contribution in [0.1, 0.15) is 22.4 Å². The van der Waals surface area contributed by atoms with E-state index < -0.39 is 0 Å². The molecule has 1 fully saturated rings. The summed E-state index contributed by atoms with van der Waals surface area (Å²) in [5.41, 5.74) is 5.28. The summed E-state index contributed by atoms with van der Waals surface area (Å²) in [5.74, 6) is -0.106. The molecule has 1 aromatic heterocycles. The zero-order valence-corrected chi connectivity index (χ0v) is 14.9. The summed E-state index contributed by atoms with van der Waals surface area (Å²) >= 11 is 0. The number of hydrogen-bond donors (Lipinski definition) is 2. The van der Waals surface area contributed by atoms with E-state index in [1.807, 2.05) is 35.9 Å². The van der Waals surface area contributed by atoms with Crippen LogP contribution < -0.4 is 5.32 Å². The van der Waals surface area contributed by atoms with Crippen molar-refractivity contribution in [3.05, 3.63) is 52.8 Å². The van der Waals surface area contributed by atoms with E-state index in [9.17, 15) is 9.90 Å². The second-order valence-corrected chi connectivity index (χ2v) is 6.82. The number of aliphatic hydroxyl groups is 1. The smallest absolute Gasteiger partial charge is 0.256 e. The van der Waals surface area contributed by atoms with Crippen molar-refractivity contribution < 1.29 is 14.6 Å². The van der Waals surface area contributed by atoms with Gasteiger partial charge in [-0.05, 0) is 35.4 Å². The molecule has 0 saturated carbocycles. The molecule has 0 radical (unpaired) electrons. The van der Waals surface area contributed by atoms with E-state index in [0.717, 1.165) is 55.4 Å². The number of ether oxygens (including phenoxy) is 1. The zero-order chi connectivity index (χ0) is 18.1. The number of morpholine rings is 1. The maximum Gasteiger partial charge on any atom is 0.256 e. The molecule has 1 amide bonds. The number of aliphatic hydroxyl groups excluding tert-OH is 1. The van der Waals surface area contributed by atoms with Gasteiger partial charge in [0, 0.05) is 49.8 Å². The fourth-order valence-electron chi connectivity index (χ4n) is 3.52. The van der Waals surface area contributed by atoms with E-state index in [0.29, 0.717) is 5.57 Å². The second-order valence-electron chi connectivity index (χ2n) is 6.82. The minimum absolute atomic E-state index is 0.0391. The van der Waals surface area contributed by atoms with Gasteiger partial charge in [0.05, 0.1) is 25.4 Å². The fraction of sp³-hybridized carbons (Fsp3) is 0.350. The summed E-state index contributed by atoms with van der Waals surface area (Å²) in [6.07, 6.45) is 4.03. The molecule has 6 nitrogen and oxygen atoms in total. The standard InChI is InChI=1S/C20H23N3O3/c1-22-11-15(12-23-4-6-26-7-5-23)8-16(22)10-18-17-9-14(13-24)2-3-19(17)21-20(18)25/h2-3,8-11,24H,4-7,12-13H2,1H3,(H,21,25). The summed E-state index contributed by atoms with van der Waals surface area (Å²) in [6, 6.07) is 7.67. The number of nitrogens with one attached hydrogen (secondary N) is 1. The lowest BCUT2D eigenvalue weighted by molar-refractivity contribution is -0.110. The van der Waals surface area contributed by atoms with E-state index in [4.69, 9.17) is 4.74 Å². The van der Waals surface area contributed by atoms with E-state index >= 15 is 0 Å². The Labute approximate surface area is 152 Å². The van der Waals surface area contributed by atoms with Gasteiger partial charge in [-0.2, -0.15) is 0 Å². The third-order valence-corrected chi connectivity index (χ3v) is 4.95. The van der Waals surface area contributed by atoms with Crippen LogP contribution in [0, 0.1) is 0 Å². The Hall–Kier alpha value is -2.41. The van der Waals surface area contributed by atoms with Crippen LogP contribution in [0.25, 0.3) is 11.6 Å². The van der Waals surface area contributed by atoms with Gasteiger partial charge in [0.25, 0.3) is 5.91 Å². The van der Waals surface area contributed by atoms with E-state index in [1.54, 1.807) is 0 Å². The Morgan fingerprint density at radius 2 is 2.04 bits per heavy atom. The maximum atomic E-state index is 12.4. The van der Waals surface area contributed by atoms with Crippen LogP contribution in [0.5, 0.6) is 0 Å². The van der Waals surface area contributed by atoms with Crippen LogP contribution in [-0.4, -0.2) is 46.8 Å². The summed E-state index contributed by atoms with van der Waals surface area (Å²) < 4.78 is 7.45. The van der Waals surface area contributed by atoms with Gasteiger partial charge in [-0.1, -0.05) is 6.07 Å². The molecule has 6 heteroatoms. The third kappa shape index (κ3) is 3.31. The number of rotatable bonds is 4. The van der Waals surface area contributed by atoms with Gasteiger partial charge < -0.3 is 19.7 Å². The molecule has 2 aliphatic heterocycles. The number of aryl methyl sites for hydroxylation is 1. The highest BCUT2D eigenvalue weighted by molar-refractivity contribution is 6.34. The summed E-state index contributed by atoms with van der Waals surface area (Å²) in [6.45, 7) is 4.32. The van der Waals surface area contributed by atoms with E-state index in [1.165, 1.54) is 5.56 Å². The molecule has 1 aromatic carbocycles. The van der Waals surface area contributed by atoms with Gasteiger partial charge in [0.2, 0.25) is 0 Å². The molecule has 0 aliphatic carbocycles. The first-order valence-electron chi connectivity index (χ1n) is 8.86. The number of aromatic nitrogens is 1. The molecule has 0 spiro atoms. The lowest BCUT2D eigenvalue weighted by atomic mass is 10.0. The van der Waals surface area contributed by atoms with Crippen LogP contribution in [0.4, 0.5) is 5.69 Å². The molecule has 26 heavy (non-hydrogen) atoms. The second kappa shape index (κ2) is 7.07. The first-order chi connectivity index (χ1) is 12.6. The summed E-state index contributed by atoms with van der Waals surface area (Å²) in [4.78, 5) is 14.8. The van der Waals surface area contributed by atoms with Crippen molar-refractivity contribution >= 4 is 23.2 Å². The molecular formula is C20H23N3O3. The van der Waals surface area contributed by atoms with Crippen molar-refractivity contribution in [3.8, 4) is 0 Å². The first-order valence-corrected chi connectivity index (χ1v) is 8.86. The number of anilines is 1. The zero-order valence-electron chi connectivity index (χ0n) is 14.9. The molecule has 136 valence electrons. The number of carbonyl (C=O) groups excluding carboxylic acids is 1. The molecule has 0 unspecified atom stereocenters. The molecule has 0 bridgehead atoms. The van der Waals surface area contributed by atoms with Gasteiger partial charge in [-0.3, -0.25) is 9.69 Å². The third-order valence-electron chi connectivity index (χ3n) is 4.95. The largest absolute Gasteiger partial charge is 0.392 e. The number of amides is 1. The van der Waals surface area contributed by atoms with Crippen molar-refractivity contribution in [1.29, 1.82) is 0 Å². The Morgan fingerprint density at radius 3 is 2.81 bits per heavy atom. The molecule has 2 aliphatic rings. The average molecular weight is 353 g/mol. The highest BCUT2D eigenvalue weighted by Gasteiger charge is 2.24. The summed E-state index contributed by atoms with van der Waals surface area (Å²) in [5, 5.41) is 12.3. The maximum absolute atomic E-state index is 12.4. The molecule has 4 rings (SSSR count). The Balaban J connectivity index is 1.61. The Bertz CT molecular complexity index is 863. The first kappa shape index (κ1) is 17.0. The van der Waals surface area contributed by atoms with Gasteiger partial charge in [0.1, 0.15) is 0 Å². The van der Waals surface area contributed by atoms with Crippen LogP contribution in [0.3, 0.4) is 0 Å². The minimum Gasteiger partial charge on any atom is -0.392 e. The summed E-state index contributed by atoms with van der Waals surface area (Å²) in [7, 11) is 1.99. The van der Waals surface area contributed by atoms with Crippen molar-refractivity contribution in [3.63, 3.8) is 0 Å². The van der Waals surface area contributed by atoms with Crippen LogP contribution >= 0.6 is 0 Å². The molecule has 0 atom stereocenters. The number of nitrogens with zero attached hydrogens (tertiary/aromatic N) is 2. The SMILES string of the molecule is Cn1cc(CN2CCOCC2)cc1C=C1C(=O)Nc2ccc(CO)cc21. The molecule has 1 saturated heterocycles. The molecular weight excluding hydrogens is 330 g/mol. The van der Waals surface area contributed by atoms with Crippen molar-refractivity contribution in [2.45, 2.75) is 13.2 Å². The van der Waals surface area contributed by atoms with E-state index in [-0.39, 0.29) is 12.5 Å². The topological polar surface area (TPSA) is 66.7 Å². The number of carbonyl (C=O) groups is 1. The highest BCUT2D eigenvalue weighted by atomic mass is 16.5. The highest BCUT2D eigenvalue weighted by Crippen LogP contribution is 2.34. The van der Waals surface area contributed by atoms with E-state index in [2.05, 4.69) is 22.5 Å². The van der Waals surface area contributed by atoms with Gasteiger partial charge >= 0.3 is 0 Å². The predicted molar refractivity (Wildman–Crippen MR) is 100 cm³/mol. The minimum atomic E-state index is -0.106. The van der Waals surface area contributed by atoms with Gasteiger partial charge in [-0.25, -0.2) is 0 Å². The average Bonchev–Trinajstić information content (AvgIpc) is 3.15. The molecule has 3 heterocycles. The fourth-order valence-corrected chi connectivity index (χ4v) is 3.52. The molecule has 2 N–H and O–H groups in total. The van der Waals surface area contributed by atoms with Crippen molar-refractivity contribution in [2.24, 2.45) is 7.05 Å². The normalized spacial score (nSPS) is 19.0. The number of hydrogen-bond acceptors (Lipinski definition) is 4. The van der Waals surface area contributed by atoms with Crippen LogP contribution in [0.2, 0.25) is 0 Å². The van der Waals surface area contributed by atoms with Crippen molar-refractivity contribution in [2.75, 3.05) is 31.6 Å². The number of benzene rings is 1. The van der Waals surface area contributed by atoms with Gasteiger partial charge in [-0.15, -0.1) is 0 Å². The lowest BCUT2D eigenvalue weighted by Gasteiger charge is -2.26. The van der Waals surface area contributed by atoms with Crippen LogP contribution in [0.15, 0.2) is 30.5 Å². The van der Waals surface area contributed by atoms with Crippen molar-refractivity contribution in [1.82, 2.24) is 9.47 Å². The Kier molecular flexibility index (Phi) is 4.63. The van der Waals surface area contributed by atoms with Gasteiger partial charge in [0.15, 0.2) is 0 Å². The predicted octanol–water partition coefficient (Wildman–Crippen LogP) is 1.84. The monoisotopic (exact) mass is 353 g/mol. The molecule has 2 aromatic rings. The Morgan fingerprint density at radius 1 is 1.23 bits per heavy atom. The lowest BCUT2D eigenvalue weighted by Crippen LogP contribution is -2.35. The number of fused-ring (bicyclic) bond motifs is 1. The quantitative estimate of drug-likeness (QED) is 0.823. The van der Waals surface area contributed by atoms with Crippen LogP contribution in [-0.2, 0) is 29.7 Å².